The van der Waals surface area contributed by atoms with Gasteiger partial charge in [-0.25, -0.2) is 9.78 Å². The molecular formula is C36H36ClN3O3. The van der Waals surface area contributed by atoms with Crippen LogP contribution in [0.3, 0.4) is 0 Å². The molecule has 2 aromatic heterocycles. The van der Waals surface area contributed by atoms with Gasteiger partial charge in [0.2, 0.25) is 0 Å². The molecule has 1 N–H and O–H groups in total. The number of esters is 1. The summed E-state index contributed by atoms with van der Waals surface area (Å²) >= 11 is 5.90. The van der Waals surface area contributed by atoms with Crippen LogP contribution in [-0.2, 0) is 11.3 Å². The van der Waals surface area contributed by atoms with Crippen molar-refractivity contribution < 1.29 is 14.3 Å². The molecule has 0 aliphatic carbocycles. The third-order valence-corrected chi connectivity index (χ3v) is 7.87. The van der Waals surface area contributed by atoms with E-state index in [0.717, 1.165) is 44.4 Å². The van der Waals surface area contributed by atoms with Gasteiger partial charge in [-0.1, -0.05) is 60.1 Å². The first kappa shape index (κ1) is 30.1. The van der Waals surface area contributed by atoms with Crippen LogP contribution < -0.4 is 5.32 Å². The molecule has 0 saturated carbocycles. The van der Waals surface area contributed by atoms with Crippen LogP contribution in [0.5, 0.6) is 0 Å². The molecular weight excluding hydrogens is 558 g/mol. The first-order chi connectivity index (χ1) is 20.4. The standard InChI is InChI=1S/C36H36ClN3O3/c1-22-24(3)40(32-17-15-27(19-31(22)32)34(41)39-23(2)28-16-18-33(37)38-20-28)21-25-11-13-26(14-12-25)29-9-7-8-10-30(29)35(42)43-36(4,5)6/h7-20,23H,21H2,1-6H3,(H,39,41)/t23-/m0/s1. The Morgan fingerprint density at radius 1 is 0.977 bits per heavy atom. The first-order valence-electron chi connectivity index (χ1n) is 14.3. The number of rotatable bonds is 7. The maximum atomic E-state index is 13.1. The molecule has 0 aliphatic rings. The van der Waals surface area contributed by atoms with Crippen molar-refractivity contribution in [3.05, 3.63) is 124 Å². The summed E-state index contributed by atoms with van der Waals surface area (Å²) in [6, 6.07) is 25.0. The van der Waals surface area contributed by atoms with Gasteiger partial charge in [0.15, 0.2) is 0 Å². The molecule has 2 heterocycles. The van der Waals surface area contributed by atoms with Gasteiger partial charge >= 0.3 is 5.97 Å². The number of aromatic nitrogens is 2. The highest BCUT2D eigenvalue weighted by Gasteiger charge is 2.21. The number of nitrogens with one attached hydrogen (secondary N) is 1. The Kier molecular flexibility index (Phi) is 8.43. The fourth-order valence-electron chi connectivity index (χ4n) is 5.22. The second-order valence-electron chi connectivity index (χ2n) is 11.9. The zero-order chi connectivity index (χ0) is 30.9. The Labute approximate surface area is 257 Å². The number of fused-ring (bicyclic) bond motifs is 1. The lowest BCUT2D eigenvalue weighted by Crippen LogP contribution is -2.26. The highest BCUT2D eigenvalue weighted by atomic mass is 35.5. The highest BCUT2D eigenvalue weighted by molar-refractivity contribution is 6.29. The van der Waals surface area contributed by atoms with Crippen molar-refractivity contribution in [1.82, 2.24) is 14.9 Å². The lowest BCUT2D eigenvalue weighted by atomic mass is 9.98. The molecule has 6 nitrogen and oxygen atoms in total. The number of aryl methyl sites for hydroxylation is 1. The van der Waals surface area contributed by atoms with E-state index in [2.05, 4.69) is 40.8 Å². The number of carbonyl (C=O) groups is 2. The van der Waals surface area contributed by atoms with E-state index in [9.17, 15) is 9.59 Å². The fraction of sp³-hybridized carbons (Fsp3) is 0.250. The number of ether oxygens (including phenoxy) is 1. The van der Waals surface area contributed by atoms with Crippen LogP contribution in [0.2, 0.25) is 5.15 Å². The Hall–Kier alpha value is -4.42. The van der Waals surface area contributed by atoms with Crippen LogP contribution in [0, 0.1) is 13.8 Å². The topological polar surface area (TPSA) is 73.2 Å². The molecule has 5 aromatic rings. The number of hydrogen-bond donors (Lipinski definition) is 1. The van der Waals surface area contributed by atoms with Crippen molar-refractivity contribution in [3.8, 4) is 11.1 Å². The minimum Gasteiger partial charge on any atom is -0.456 e. The average Bonchev–Trinajstić information content (AvgIpc) is 3.21. The second kappa shape index (κ2) is 12.1. The van der Waals surface area contributed by atoms with Crippen molar-refractivity contribution >= 4 is 34.4 Å². The predicted molar refractivity (Wildman–Crippen MR) is 173 cm³/mol. The van der Waals surface area contributed by atoms with Gasteiger partial charge < -0.3 is 14.6 Å². The monoisotopic (exact) mass is 593 g/mol. The number of benzene rings is 3. The third-order valence-electron chi connectivity index (χ3n) is 7.65. The third kappa shape index (κ3) is 6.65. The molecule has 7 heteroatoms. The summed E-state index contributed by atoms with van der Waals surface area (Å²) in [6.07, 6.45) is 1.68. The van der Waals surface area contributed by atoms with Gasteiger partial charge in [0.05, 0.1) is 11.6 Å². The van der Waals surface area contributed by atoms with Gasteiger partial charge in [0.1, 0.15) is 10.8 Å². The van der Waals surface area contributed by atoms with Crippen LogP contribution in [0.1, 0.15) is 76.8 Å². The number of halogens is 1. The van der Waals surface area contributed by atoms with E-state index in [1.165, 1.54) is 0 Å². The molecule has 220 valence electrons. The number of carbonyl (C=O) groups excluding carboxylic acids is 2. The van der Waals surface area contributed by atoms with Crippen molar-refractivity contribution in [2.24, 2.45) is 0 Å². The molecule has 1 amide bonds. The number of pyridine rings is 1. The number of amides is 1. The first-order valence-corrected chi connectivity index (χ1v) is 14.7. The smallest absolute Gasteiger partial charge is 0.339 e. The van der Waals surface area contributed by atoms with Crippen LogP contribution in [0.15, 0.2) is 85.1 Å². The maximum absolute atomic E-state index is 13.1. The molecule has 43 heavy (non-hydrogen) atoms. The fourth-order valence-corrected chi connectivity index (χ4v) is 5.33. The zero-order valence-corrected chi connectivity index (χ0v) is 26.1. The molecule has 0 radical (unpaired) electrons. The minimum absolute atomic E-state index is 0.142. The van der Waals surface area contributed by atoms with E-state index in [1.807, 2.05) is 82.3 Å². The molecule has 0 fully saturated rings. The van der Waals surface area contributed by atoms with Crippen molar-refractivity contribution in [1.29, 1.82) is 0 Å². The van der Waals surface area contributed by atoms with E-state index in [1.54, 1.807) is 18.3 Å². The van der Waals surface area contributed by atoms with Crippen LogP contribution in [0.25, 0.3) is 22.0 Å². The van der Waals surface area contributed by atoms with Crippen molar-refractivity contribution in [2.75, 3.05) is 0 Å². The van der Waals surface area contributed by atoms with Gasteiger partial charge in [0.25, 0.3) is 5.91 Å². The second-order valence-corrected chi connectivity index (χ2v) is 12.3. The zero-order valence-electron chi connectivity index (χ0n) is 25.4. The summed E-state index contributed by atoms with van der Waals surface area (Å²) in [7, 11) is 0. The van der Waals surface area contributed by atoms with Gasteiger partial charge in [-0.3, -0.25) is 4.79 Å². The summed E-state index contributed by atoms with van der Waals surface area (Å²) < 4.78 is 7.91. The maximum Gasteiger partial charge on any atom is 0.339 e. The lowest BCUT2D eigenvalue weighted by molar-refractivity contribution is 0.00703. The van der Waals surface area contributed by atoms with Gasteiger partial charge in [-0.05, 0) is 99.7 Å². The average molecular weight is 594 g/mol. The summed E-state index contributed by atoms with van der Waals surface area (Å²) in [5.41, 5.74) is 7.75. The molecule has 5 rings (SSSR count). The Morgan fingerprint density at radius 3 is 2.37 bits per heavy atom. The quantitative estimate of drug-likeness (QED) is 0.152. The molecule has 0 saturated heterocycles. The molecule has 0 spiro atoms. The van der Waals surface area contributed by atoms with E-state index < -0.39 is 5.60 Å². The summed E-state index contributed by atoms with van der Waals surface area (Å²) in [4.78, 5) is 30.1. The number of hydrogen-bond acceptors (Lipinski definition) is 4. The largest absolute Gasteiger partial charge is 0.456 e. The van der Waals surface area contributed by atoms with E-state index in [-0.39, 0.29) is 17.9 Å². The van der Waals surface area contributed by atoms with E-state index in [4.69, 9.17) is 16.3 Å². The minimum atomic E-state index is -0.568. The van der Waals surface area contributed by atoms with Crippen molar-refractivity contribution in [3.63, 3.8) is 0 Å². The van der Waals surface area contributed by atoms with Crippen LogP contribution >= 0.6 is 11.6 Å². The van der Waals surface area contributed by atoms with Crippen LogP contribution in [0.4, 0.5) is 0 Å². The Bertz CT molecular complexity index is 1800. The molecule has 3 aromatic carbocycles. The SMILES string of the molecule is Cc1c(C)n(Cc2ccc(-c3ccccc3C(=O)OC(C)(C)C)cc2)c2ccc(C(=O)N[C@@H](C)c3ccc(Cl)nc3)cc12. The van der Waals surface area contributed by atoms with E-state index in [0.29, 0.717) is 22.8 Å². The molecule has 0 aliphatic heterocycles. The molecule has 0 unspecified atom stereocenters. The predicted octanol–water partition coefficient (Wildman–Crippen LogP) is 8.47. The molecule has 0 bridgehead atoms. The Balaban J connectivity index is 1.36. The molecule has 1 atom stereocenters. The lowest BCUT2D eigenvalue weighted by Gasteiger charge is -2.20. The highest BCUT2D eigenvalue weighted by Crippen LogP contribution is 2.30. The summed E-state index contributed by atoms with van der Waals surface area (Å²) in [5, 5.41) is 4.53. The van der Waals surface area contributed by atoms with Gasteiger partial charge in [-0.15, -0.1) is 0 Å². The van der Waals surface area contributed by atoms with Gasteiger partial charge in [-0.2, -0.15) is 0 Å². The van der Waals surface area contributed by atoms with Crippen molar-refractivity contribution in [2.45, 2.75) is 59.7 Å². The van der Waals surface area contributed by atoms with E-state index >= 15 is 0 Å². The number of nitrogens with zero attached hydrogens (tertiary/aromatic N) is 2. The summed E-state index contributed by atoms with van der Waals surface area (Å²) in [5.74, 6) is -0.474. The summed E-state index contributed by atoms with van der Waals surface area (Å²) in [6.45, 7) is 12.4. The normalized spacial score (nSPS) is 12.3. The van der Waals surface area contributed by atoms with Crippen LogP contribution in [-0.4, -0.2) is 27.0 Å². The Morgan fingerprint density at radius 2 is 1.70 bits per heavy atom. The van der Waals surface area contributed by atoms with Gasteiger partial charge in [0, 0.05) is 34.9 Å².